The Labute approximate surface area is 176 Å². The van der Waals surface area contributed by atoms with E-state index in [9.17, 15) is 4.79 Å². The quantitative estimate of drug-likeness (QED) is 0.301. The van der Waals surface area contributed by atoms with Gasteiger partial charge in [-0.25, -0.2) is 0 Å². The summed E-state index contributed by atoms with van der Waals surface area (Å²) in [6.07, 6.45) is 2.86. The first kappa shape index (κ1) is 20.0. The Morgan fingerprint density at radius 3 is 2.44 bits per heavy atom. The minimum Gasteiger partial charge on any atom is -0.427 e. The van der Waals surface area contributed by atoms with Crippen LogP contribution in [0.4, 0.5) is 0 Å². The first-order valence-corrected chi connectivity index (χ1v) is 10.5. The smallest absolute Gasteiger partial charge is 0.308 e. The lowest BCUT2D eigenvalue weighted by Gasteiger charge is -2.12. The lowest BCUT2D eigenvalue weighted by atomic mass is 10.00. The van der Waals surface area contributed by atoms with Crippen LogP contribution in [0.15, 0.2) is 45.3 Å². The standard InChI is InChI=1S/C22H21Br2NO2/c1-4-5-16-8-13(2)18-9-15(6-7-22(18)25-16)10-19-20(23)11-17(12-21(19)24)27-14(3)26/h6-9,11-12H,4-5,10H2,1-3H3. The monoisotopic (exact) mass is 489 g/mol. The van der Waals surface area contributed by atoms with E-state index >= 15 is 0 Å². The van der Waals surface area contributed by atoms with E-state index in [2.05, 4.69) is 70.0 Å². The maximum absolute atomic E-state index is 11.2. The van der Waals surface area contributed by atoms with E-state index in [0.29, 0.717) is 5.75 Å². The van der Waals surface area contributed by atoms with Crippen LogP contribution in [0, 0.1) is 6.92 Å². The van der Waals surface area contributed by atoms with Gasteiger partial charge in [-0.2, -0.15) is 0 Å². The number of pyridine rings is 1. The Morgan fingerprint density at radius 2 is 1.81 bits per heavy atom. The molecule has 3 nitrogen and oxygen atoms in total. The molecule has 0 saturated heterocycles. The van der Waals surface area contributed by atoms with Crippen LogP contribution in [0.1, 0.15) is 42.7 Å². The van der Waals surface area contributed by atoms with Crippen LogP contribution in [0.2, 0.25) is 0 Å². The fourth-order valence-corrected chi connectivity index (χ4v) is 4.61. The third-order valence-electron chi connectivity index (χ3n) is 4.40. The number of nitrogens with zero attached hydrogens (tertiary/aromatic N) is 1. The minimum atomic E-state index is -0.332. The maximum atomic E-state index is 11.2. The molecule has 0 spiro atoms. The summed E-state index contributed by atoms with van der Waals surface area (Å²) in [6, 6.07) is 12.3. The molecule has 0 radical (unpaired) electrons. The molecule has 1 heterocycles. The van der Waals surface area contributed by atoms with Crippen LogP contribution < -0.4 is 4.74 Å². The Hall–Kier alpha value is -1.72. The molecule has 0 aliphatic carbocycles. The zero-order chi connectivity index (χ0) is 19.6. The summed E-state index contributed by atoms with van der Waals surface area (Å²) < 4.78 is 6.99. The highest BCUT2D eigenvalue weighted by Crippen LogP contribution is 2.33. The Kier molecular flexibility index (Phi) is 6.33. The summed E-state index contributed by atoms with van der Waals surface area (Å²) in [5, 5.41) is 1.19. The van der Waals surface area contributed by atoms with Gasteiger partial charge in [0.1, 0.15) is 5.75 Å². The van der Waals surface area contributed by atoms with Crippen molar-refractivity contribution in [2.45, 2.75) is 40.0 Å². The molecule has 0 bridgehead atoms. The number of hydrogen-bond acceptors (Lipinski definition) is 3. The summed E-state index contributed by atoms with van der Waals surface area (Å²) in [5.74, 6) is 0.188. The highest BCUT2D eigenvalue weighted by atomic mass is 79.9. The Morgan fingerprint density at radius 1 is 1.11 bits per heavy atom. The van der Waals surface area contributed by atoms with Gasteiger partial charge in [0.2, 0.25) is 0 Å². The summed E-state index contributed by atoms with van der Waals surface area (Å²) in [4.78, 5) is 16.0. The van der Waals surface area contributed by atoms with Gasteiger partial charge in [-0.05, 0) is 66.8 Å². The molecule has 3 aromatic rings. The van der Waals surface area contributed by atoms with Crippen molar-refractivity contribution in [3.05, 3.63) is 67.7 Å². The van der Waals surface area contributed by atoms with Crippen molar-refractivity contribution in [2.75, 3.05) is 0 Å². The molecule has 0 N–H and O–H groups in total. The number of hydrogen-bond donors (Lipinski definition) is 0. The number of esters is 1. The number of halogens is 2. The number of carbonyl (C=O) groups is 1. The van der Waals surface area contributed by atoms with Gasteiger partial charge < -0.3 is 4.74 Å². The van der Waals surface area contributed by atoms with E-state index in [-0.39, 0.29) is 5.97 Å². The number of carbonyl (C=O) groups excluding carboxylic acids is 1. The summed E-state index contributed by atoms with van der Waals surface area (Å²) in [6.45, 7) is 5.71. The molecule has 0 fully saturated rings. The number of rotatable bonds is 5. The summed E-state index contributed by atoms with van der Waals surface area (Å²) in [5.41, 5.74) is 5.77. The van der Waals surface area contributed by atoms with Crippen LogP contribution in [0.25, 0.3) is 10.9 Å². The third-order valence-corrected chi connectivity index (χ3v) is 5.81. The molecule has 0 aliphatic heterocycles. The number of aryl methyl sites for hydroxylation is 2. The molecule has 0 amide bonds. The first-order valence-electron chi connectivity index (χ1n) is 8.93. The predicted octanol–water partition coefficient (Wildman–Crippen LogP) is 6.54. The second-order valence-corrected chi connectivity index (χ2v) is 8.38. The third kappa shape index (κ3) is 4.77. The van der Waals surface area contributed by atoms with Crippen molar-refractivity contribution in [1.29, 1.82) is 0 Å². The van der Waals surface area contributed by atoms with Crippen LogP contribution in [-0.2, 0) is 17.6 Å². The topological polar surface area (TPSA) is 39.2 Å². The van der Waals surface area contributed by atoms with E-state index in [0.717, 1.165) is 45.0 Å². The highest BCUT2D eigenvalue weighted by Gasteiger charge is 2.12. The average Bonchev–Trinajstić information content (AvgIpc) is 2.58. The molecule has 0 aliphatic rings. The molecular weight excluding hydrogens is 470 g/mol. The Balaban J connectivity index is 1.94. The minimum absolute atomic E-state index is 0.332. The normalized spacial score (nSPS) is 11.0. The van der Waals surface area contributed by atoms with Crippen molar-refractivity contribution >= 4 is 48.7 Å². The fraction of sp³-hybridized carbons (Fsp3) is 0.273. The van der Waals surface area contributed by atoms with E-state index in [1.165, 1.54) is 23.4 Å². The number of ether oxygens (including phenoxy) is 1. The first-order chi connectivity index (χ1) is 12.9. The van der Waals surface area contributed by atoms with Gasteiger partial charge in [-0.15, -0.1) is 0 Å². The van der Waals surface area contributed by atoms with Gasteiger partial charge in [0.05, 0.1) is 5.52 Å². The lowest BCUT2D eigenvalue weighted by molar-refractivity contribution is -0.131. The van der Waals surface area contributed by atoms with Gasteiger partial charge in [0.15, 0.2) is 0 Å². The second kappa shape index (κ2) is 8.53. The van der Waals surface area contributed by atoms with E-state index in [4.69, 9.17) is 9.72 Å². The van der Waals surface area contributed by atoms with Gasteiger partial charge in [0, 0.05) is 26.9 Å². The largest absolute Gasteiger partial charge is 0.427 e. The van der Waals surface area contributed by atoms with E-state index < -0.39 is 0 Å². The number of benzene rings is 2. The van der Waals surface area contributed by atoms with Crippen molar-refractivity contribution in [2.24, 2.45) is 0 Å². The van der Waals surface area contributed by atoms with Crippen LogP contribution >= 0.6 is 31.9 Å². The van der Waals surface area contributed by atoms with Gasteiger partial charge in [0.25, 0.3) is 0 Å². The van der Waals surface area contributed by atoms with Gasteiger partial charge in [-0.1, -0.05) is 51.3 Å². The molecule has 5 heteroatoms. The molecule has 140 valence electrons. The summed E-state index contributed by atoms with van der Waals surface area (Å²) in [7, 11) is 0. The molecule has 0 unspecified atom stereocenters. The number of fused-ring (bicyclic) bond motifs is 1. The zero-order valence-corrected chi connectivity index (χ0v) is 18.8. The van der Waals surface area contributed by atoms with Crippen molar-refractivity contribution in [3.63, 3.8) is 0 Å². The molecule has 27 heavy (non-hydrogen) atoms. The van der Waals surface area contributed by atoms with Crippen molar-refractivity contribution in [1.82, 2.24) is 4.98 Å². The van der Waals surface area contributed by atoms with E-state index in [1.54, 1.807) is 0 Å². The molecule has 3 rings (SSSR count). The Bertz CT molecular complexity index is 992. The zero-order valence-electron chi connectivity index (χ0n) is 15.6. The fourth-order valence-electron chi connectivity index (χ4n) is 3.18. The van der Waals surface area contributed by atoms with Crippen molar-refractivity contribution in [3.8, 4) is 5.75 Å². The average molecular weight is 491 g/mol. The number of aromatic nitrogens is 1. The van der Waals surface area contributed by atoms with Gasteiger partial charge >= 0.3 is 5.97 Å². The van der Waals surface area contributed by atoms with E-state index in [1.807, 2.05) is 12.1 Å². The SMILES string of the molecule is CCCc1cc(C)c2cc(Cc3c(Br)cc(OC(C)=O)cc3Br)ccc2n1. The molecular formula is C22H21Br2NO2. The maximum Gasteiger partial charge on any atom is 0.308 e. The van der Waals surface area contributed by atoms with Crippen LogP contribution in [0.5, 0.6) is 5.75 Å². The summed E-state index contributed by atoms with van der Waals surface area (Å²) >= 11 is 7.21. The molecule has 0 atom stereocenters. The van der Waals surface area contributed by atoms with Crippen LogP contribution in [-0.4, -0.2) is 11.0 Å². The van der Waals surface area contributed by atoms with Gasteiger partial charge in [-0.3, -0.25) is 9.78 Å². The van der Waals surface area contributed by atoms with Crippen LogP contribution in [0.3, 0.4) is 0 Å². The highest BCUT2D eigenvalue weighted by molar-refractivity contribution is 9.11. The second-order valence-electron chi connectivity index (χ2n) is 6.67. The molecule has 1 aromatic heterocycles. The lowest BCUT2D eigenvalue weighted by Crippen LogP contribution is -2.02. The predicted molar refractivity (Wildman–Crippen MR) is 116 cm³/mol. The molecule has 0 saturated carbocycles. The van der Waals surface area contributed by atoms with Crippen molar-refractivity contribution < 1.29 is 9.53 Å². The molecule has 2 aromatic carbocycles.